The molecule has 4 heteroatoms. The number of aromatic amines is 1. The highest BCUT2D eigenvalue weighted by atomic mass is 14.9. The first kappa shape index (κ1) is 13.3. The molecule has 0 saturated heterocycles. The monoisotopic (exact) mass is 254 g/mol. The van der Waals surface area contributed by atoms with E-state index in [0.29, 0.717) is 18.0 Å². The topological polar surface area (TPSA) is 78.5 Å². The summed E-state index contributed by atoms with van der Waals surface area (Å²) in [4.78, 5) is 7.75. The Morgan fingerprint density at radius 3 is 2.53 bits per heavy atom. The SMILES string of the molecule is CC(C)C(CN)c1ncc(-c2ccc(C#N)cc2)[nH]1. The van der Waals surface area contributed by atoms with Crippen LogP contribution >= 0.6 is 0 Å². The summed E-state index contributed by atoms with van der Waals surface area (Å²) in [7, 11) is 0. The first-order chi connectivity index (χ1) is 9.15. The number of nitrogens with two attached hydrogens (primary N) is 1. The number of rotatable bonds is 4. The lowest BCUT2D eigenvalue weighted by molar-refractivity contribution is 0.487. The van der Waals surface area contributed by atoms with Crippen LogP contribution in [0.25, 0.3) is 11.3 Å². The second kappa shape index (κ2) is 5.68. The summed E-state index contributed by atoms with van der Waals surface area (Å²) in [5.74, 6) is 1.62. The van der Waals surface area contributed by atoms with Gasteiger partial charge in [0.15, 0.2) is 0 Å². The van der Waals surface area contributed by atoms with Gasteiger partial charge in [0, 0.05) is 12.5 Å². The molecule has 1 heterocycles. The molecule has 0 aliphatic heterocycles. The van der Waals surface area contributed by atoms with Gasteiger partial charge in [-0.3, -0.25) is 0 Å². The second-order valence-electron chi connectivity index (χ2n) is 4.96. The lowest BCUT2D eigenvalue weighted by Crippen LogP contribution is -2.19. The van der Waals surface area contributed by atoms with Crippen LogP contribution in [-0.4, -0.2) is 16.5 Å². The molecule has 0 bridgehead atoms. The van der Waals surface area contributed by atoms with Crippen LogP contribution in [0.1, 0.15) is 31.2 Å². The Morgan fingerprint density at radius 2 is 2.00 bits per heavy atom. The van der Waals surface area contributed by atoms with Gasteiger partial charge >= 0.3 is 0 Å². The summed E-state index contributed by atoms with van der Waals surface area (Å²) >= 11 is 0. The van der Waals surface area contributed by atoms with Crippen LogP contribution < -0.4 is 5.73 Å². The van der Waals surface area contributed by atoms with Crippen molar-refractivity contribution in [1.82, 2.24) is 9.97 Å². The predicted octanol–water partition coefficient (Wildman–Crippen LogP) is 2.65. The highest BCUT2D eigenvalue weighted by molar-refractivity contribution is 5.59. The molecule has 0 amide bonds. The fourth-order valence-corrected chi connectivity index (χ4v) is 2.10. The van der Waals surface area contributed by atoms with Crippen molar-refractivity contribution in [3.63, 3.8) is 0 Å². The molecule has 3 N–H and O–H groups in total. The van der Waals surface area contributed by atoms with Crippen molar-refractivity contribution in [3.8, 4) is 17.3 Å². The van der Waals surface area contributed by atoms with Crippen molar-refractivity contribution in [1.29, 1.82) is 5.26 Å². The van der Waals surface area contributed by atoms with E-state index in [0.717, 1.165) is 17.1 Å². The number of imidazole rings is 1. The van der Waals surface area contributed by atoms with Crippen molar-refractivity contribution in [3.05, 3.63) is 41.9 Å². The molecule has 2 aromatic rings. The van der Waals surface area contributed by atoms with E-state index < -0.39 is 0 Å². The van der Waals surface area contributed by atoms with Crippen LogP contribution in [0.2, 0.25) is 0 Å². The van der Waals surface area contributed by atoms with Crippen LogP contribution in [0.15, 0.2) is 30.5 Å². The van der Waals surface area contributed by atoms with Crippen LogP contribution in [-0.2, 0) is 0 Å². The van der Waals surface area contributed by atoms with Gasteiger partial charge in [0.05, 0.1) is 23.5 Å². The first-order valence-electron chi connectivity index (χ1n) is 6.41. The third-order valence-corrected chi connectivity index (χ3v) is 3.33. The minimum absolute atomic E-state index is 0.243. The van der Waals surface area contributed by atoms with Crippen LogP contribution in [0.5, 0.6) is 0 Å². The van der Waals surface area contributed by atoms with Gasteiger partial charge in [-0.1, -0.05) is 26.0 Å². The summed E-state index contributed by atoms with van der Waals surface area (Å²) in [5.41, 5.74) is 8.44. The number of nitrogens with zero attached hydrogens (tertiary/aromatic N) is 2. The zero-order valence-electron chi connectivity index (χ0n) is 11.2. The molecule has 0 fully saturated rings. The summed E-state index contributed by atoms with van der Waals surface area (Å²) in [6.45, 7) is 4.86. The number of hydrogen-bond donors (Lipinski definition) is 2. The standard InChI is InChI=1S/C15H18N4/c1-10(2)13(8-17)15-18-9-14(19-15)12-5-3-11(7-16)4-6-12/h3-6,9-10,13H,8,17H2,1-2H3,(H,18,19). The summed E-state index contributed by atoms with van der Waals surface area (Å²) in [6.07, 6.45) is 1.82. The van der Waals surface area contributed by atoms with E-state index >= 15 is 0 Å². The summed E-state index contributed by atoms with van der Waals surface area (Å²) < 4.78 is 0. The Labute approximate surface area is 113 Å². The number of aromatic nitrogens is 2. The Morgan fingerprint density at radius 1 is 1.32 bits per heavy atom. The predicted molar refractivity (Wildman–Crippen MR) is 75.4 cm³/mol. The average molecular weight is 254 g/mol. The number of benzene rings is 1. The van der Waals surface area contributed by atoms with Gasteiger partial charge in [-0.2, -0.15) is 5.26 Å². The summed E-state index contributed by atoms with van der Waals surface area (Å²) in [6, 6.07) is 9.56. The molecule has 1 unspecified atom stereocenters. The van der Waals surface area contributed by atoms with Crippen LogP contribution in [0.3, 0.4) is 0 Å². The molecule has 0 saturated carbocycles. The minimum Gasteiger partial charge on any atom is -0.342 e. The Bertz CT molecular complexity index is 575. The number of nitrogens with one attached hydrogen (secondary N) is 1. The molecule has 0 aliphatic rings. The van der Waals surface area contributed by atoms with Gasteiger partial charge in [0.2, 0.25) is 0 Å². The first-order valence-corrected chi connectivity index (χ1v) is 6.41. The molecule has 0 aliphatic carbocycles. The molecule has 0 radical (unpaired) electrons. The maximum atomic E-state index is 8.78. The second-order valence-corrected chi connectivity index (χ2v) is 4.96. The molecule has 4 nitrogen and oxygen atoms in total. The Hall–Kier alpha value is -2.12. The van der Waals surface area contributed by atoms with Crippen molar-refractivity contribution >= 4 is 0 Å². The fraction of sp³-hybridized carbons (Fsp3) is 0.333. The van der Waals surface area contributed by atoms with Crippen molar-refractivity contribution in [2.45, 2.75) is 19.8 Å². The lowest BCUT2D eigenvalue weighted by atomic mass is 9.95. The largest absolute Gasteiger partial charge is 0.342 e. The van der Waals surface area contributed by atoms with Gasteiger partial charge in [0.25, 0.3) is 0 Å². The molecule has 98 valence electrons. The third kappa shape index (κ3) is 2.83. The zero-order chi connectivity index (χ0) is 13.8. The molecular formula is C15H18N4. The van der Waals surface area contributed by atoms with Crippen molar-refractivity contribution in [2.75, 3.05) is 6.54 Å². The smallest absolute Gasteiger partial charge is 0.111 e. The number of nitriles is 1. The van der Waals surface area contributed by atoms with Crippen LogP contribution in [0.4, 0.5) is 0 Å². The highest BCUT2D eigenvalue weighted by Gasteiger charge is 2.17. The van der Waals surface area contributed by atoms with Gasteiger partial charge in [-0.15, -0.1) is 0 Å². The molecule has 1 atom stereocenters. The van der Waals surface area contributed by atoms with E-state index in [-0.39, 0.29) is 5.92 Å². The lowest BCUT2D eigenvalue weighted by Gasteiger charge is -2.15. The van der Waals surface area contributed by atoms with Crippen LogP contribution in [0, 0.1) is 17.2 Å². The van der Waals surface area contributed by atoms with Gasteiger partial charge in [-0.05, 0) is 23.6 Å². The zero-order valence-corrected chi connectivity index (χ0v) is 11.2. The van der Waals surface area contributed by atoms with E-state index in [1.54, 1.807) is 12.1 Å². The van der Waals surface area contributed by atoms with Gasteiger partial charge in [0.1, 0.15) is 5.82 Å². The van der Waals surface area contributed by atoms with E-state index in [2.05, 4.69) is 29.9 Å². The van der Waals surface area contributed by atoms with Crippen molar-refractivity contribution < 1.29 is 0 Å². The van der Waals surface area contributed by atoms with E-state index in [9.17, 15) is 0 Å². The quantitative estimate of drug-likeness (QED) is 0.880. The number of hydrogen-bond acceptors (Lipinski definition) is 3. The maximum absolute atomic E-state index is 8.78. The van der Waals surface area contributed by atoms with E-state index in [4.69, 9.17) is 11.0 Å². The fourth-order valence-electron chi connectivity index (χ4n) is 2.10. The third-order valence-electron chi connectivity index (χ3n) is 3.33. The summed E-state index contributed by atoms with van der Waals surface area (Å²) in [5, 5.41) is 8.78. The number of H-pyrrole nitrogens is 1. The van der Waals surface area contributed by atoms with E-state index in [1.807, 2.05) is 18.3 Å². The molecule has 2 rings (SSSR count). The average Bonchev–Trinajstić information content (AvgIpc) is 2.89. The van der Waals surface area contributed by atoms with Crippen molar-refractivity contribution in [2.24, 2.45) is 11.7 Å². The van der Waals surface area contributed by atoms with Gasteiger partial charge in [-0.25, -0.2) is 4.98 Å². The molecule has 1 aromatic heterocycles. The minimum atomic E-state index is 0.243. The molecule has 19 heavy (non-hydrogen) atoms. The Kier molecular flexibility index (Phi) is 3.98. The Balaban J connectivity index is 2.27. The normalized spacial score (nSPS) is 12.4. The molecule has 1 aromatic carbocycles. The van der Waals surface area contributed by atoms with Gasteiger partial charge < -0.3 is 10.7 Å². The van der Waals surface area contributed by atoms with E-state index in [1.165, 1.54) is 0 Å². The molecule has 0 spiro atoms. The maximum Gasteiger partial charge on any atom is 0.111 e. The highest BCUT2D eigenvalue weighted by Crippen LogP contribution is 2.24. The molecular weight excluding hydrogens is 236 g/mol.